The lowest BCUT2D eigenvalue weighted by Crippen LogP contribution is -2.34. The van der Waals surface area contributed by atoms with Crippen molar-refractivity contribution in [3.05, 3.63) is 143 Å². The number of rotatable bonds is 6. The van der Waals surface area contributed by atoms with Crippen molar-refractivity contribution >= 4 is 11.0 Å². The molecule has 1 saturated heterocycles. The molecule has 6 heteroatoms. The summed E-state index contributed by atoms with van der Waals surface area (Å²) >= 11 is 0. The van der Waals surface area contributed by atoms with Crippen molar-refractivity contribution in [3.63, 3.8) is 0 Å². The molecule has 0 radical (unpaired) electrons. The van der Waals surface area contributed by atoms with Gasteiger partial charge in [-0.15, -0.1) is 0 Å². The number of pyridine rings is 1. The van der Waals surface area contributed by atoms with E-state index in [9.17, 15) is 10.1 Å². The van der Waals surface area contributed by atoms with E-state index >= 15 is 0 Å². The van der Waals surface area contributed by atoms with E-state index in [0.29, 0.717) is 16.7 Å². The molecule has 4 aromatic carbocycles. The fraction of sp³-hybridized carbons (Fsp3) is 0.162. The number of aromatic nitrogens is 3. The molecule has 0 atom stereocenters. The Labute approximate surface area is 250 Å². The highest BCUT2D eigenvalue weighted by atomic mass is 16.1. The molecule has 43 heavy (non-hydrogen) atoms. The quantitative estimate of drug-likeness (QED) is 0.215. The Bertz CT molecular complexity index is 2000. The van der Waals surface area contributed by atoms with E-state index in [1.165, 1.54) is 5.56 Å². The maximum atomic E-state index is 14.0. The van der Waals surface area contributed by atoms with Gasteiger partial charge in [0.1, 0.15) is 5.82 Å². The van der Waals surface area contributed by atoms with E-state index in [4.69, 9.17) is 4.98 Å². The smallest absolute Gasteiger partial charge is 0.263 e. The van der Waals surface area contributed by atoms with E-state index in [0.717, 1.165) is 60.6 Å². The molecule has 0 saturated carbocycles. The summed E-state index contributed by atoms with van der Waals surface area (Å²) in [5, 5.41) is 9.89. The van der Waals surface area contributed by atoms with Gasteiger partial charge in [0, 0.05) is 54.3 Å². The van der Waals surface area contributed by atoms with Gasteiger partial charge in [-0.3, -0.25) is 14.3 Å². The molecule has 1 aliphatic rings. The summed E-state index contributed by atoms with van der Waals surface area (Å²) in [5.41, 5.74) is 6.37. The molecule has 1 fully saturated rings. The average molecular weight is 562 g/mol. The van der Waals surface area contributed by atoms with Gasteiger partial charge in [0.2, 0.25) is 0 Å². The van der Waals surface area contributed by atoms with E-state index < -0.39 is 0 Å². The van der Waals surface area contributed by atoms with E-state index in [-0.39, 0.29) is 11.6 Å². The van der Waals surface area contributed by atoms with E-state index in [1.807, 2.05) is 66.9 Å². The normalized spacial score (nSPS) is 14.1. The molecule has 0 N–H and O–H groups in total. The Morgan fingerprint density at radius 1 is 0.791 bits per heavy atom. The minimum Gasteiger partial charge on any atom is -0.321 e. The lowest BCUT2D eigenvalue weighted by Gasteiger charge is -2.33. The second-order valence-electron chi connectivity index (χ2n) is 11.1. The Kier molecular flexibility index (Phi) is 7.16. The Balaban J connectivity index is 1.35. The first kappa shape index (κ1) is 26.6. The van der Waals surface area contributed by atoms with Crippen LogP contribution in [0.1, 0.15) is 30.0 Å². The first-order chi connectivity index (χ1) is 21.2. The molecular weight excluding hydrogens is 530 g/mol. The van der Waals surface area contributed by atoms with Gasteiger partial charge in [-0.2, -0.15) is 5.26 Å². The first-order valence-corrected chi connectivity index (χ1v) is 14.7. The van der Waals surface area contributed by atoms with E-state index in [2.05, 4.69) is 64.1 Å². The Morgan fingerprint density at radius 3 is 2.23 bits per heavy atom. The first-order valence-electron chi connectivity index (χ1n) is 14.7. The van der Waals surface area contributed by atoms with Crippen LogP contribution in [0.2, 0.25) is 0 Å². The second-order valence-corrected chi connectivity index (χ2v) is 11.1. The molecule has 0 amide bonds. The van der Waals surface area contributed by atoms with Gasteiger partial charge in [-0.1, -0.05) is 78.9 Å². The second kappa shape index (κ2) is 11.6. The van der Waals surface area contributed by atoms with Crippen LogP contribution in [0.3, 0.4) is 0 Å². The van der Waals surface area contributed by atoms with Crippen molar-refractivity contribution in [2.75, 3.05) is 13.1 Å². The van der Waals surface area contributed by atoms with Gasteiger partial charge in [0.15, 0.2) is 0 Å². The van der Waals surface area contributed by atoms with Crippen LogP contribution in [-0.4, -0.2) is 32.1 Å². The largest absolute Gasteiger partial charge is 0.321 e. The highest BCUT2D eigenvalue weighted by Crippen LogP contribution is 2.35. The van der Waals surface area contributed by atoms with Crippen LogP contribution in [0.5, 0.6) is 0 Å². The monoisotopic (exact) mass is 561 g/mol. The minimum atomic E-state index is -0.172. The Morgan fingerprint density at radius 2 is 1.47 bits per heavy atom. The molecule has 7 rings (SSSR count). The zero-order chi connectivity index (χ0) is 29.2. The molecule has 3 heterocycles. The summed E-state index contributed by atoms with van der Waals surface area (Å²) in [5.74, 6) is 0.836. The zero-order valence-corrected chi connectivity index (χ0v) is 23.8. The van der Waals surface area contributed by atoms with Crippen LogP contribution < -0.4 is 5.56 Å². The molecule has 0 spiro atoms. The topological polar surface area (TPSA) is 66.8 Å². The number of hydrogen-bond acceptors (Lipinski definition) is 4. The molecule has 0 bridgehead atoms. The number of benzene rings is 4. The van der Waals surface area contributed by atoms with Crippen molar-refractivity contribution < 1.29 is 0 Å². The lowest BCUT2D eigenvalue weighted by atomic mass is 9.99. The minimum absolute atomic E-state index is 0.172. The fourth-order valence-corrected chi connectivity index (χ4v) is 6.29. The van der Waals surface area contributed by atoms with Gasteiger partial charge in [-0.05, 0) is 54.8 Å². The van der Waals surface area contributed by atoms with E-state index in [1.54, 1.807) is 10.6 Å². The van der Waals surface area contributed by atoms with Crippen molar-refractivity contribution in [2.45, 2.75) is 25.4 Å². The third kappa shape index (κ3) is 5.16. The molecule has 6 aromatic rings. The highest BCUT2D eigenvalue weighted by molar-refractivity contribution is 5.82. The molecule has 1 aliphatic heterocycles. The number of piperidine rings is 1. The number of imidazole rings is 1. The third-order valence-electron chi connectivity index (χ3n) is 8.41. The fourth-order valence-electron chi connectivity index (χ4n) is 6.29. The number of fused-ring (bicyclic) bond motifs is 1. The summed E-state index contributed by atoms with van der Waals surface area (Å²) < 4.78 is 4.06. The van der Waals surface area contributed by atoms with Crippen LogP contribution in [0.4, 0.5) is 0 Å². The summed E-state index contributed by atoms with van der Waals surface area (Å²) in [4.78, 5) is 21.7. The zero-order valence-electron chi connectivity index (χ0n) is 23.8. The number of para-hydroxylation sites is 3. The van der Waals surface area contributed by atoms with Gasteiger partial charge < -0.3 is 4.57 Å². The standard InChI is InChI=1S/C37H31N5O/c38-24-28-13-7-8-16-32(28)33-23-29(26-41(37(33)43)30-14-5-2-6-15-30)36-39-34-17-9-10-18-35(34)42(36)31-19-21-40(22-20-31)25-27-11-3-1-4-12-27/h1-18,23,26,31H,19-22,25H2. The lowest BCUT2D eigenvalue weighted by molar-refractivity contribution is 0.182. The van der Waals surface area contributed by atoms with Crippen LogP contribution in [0, 0.1) is 11.3 Å². The number of hydrogen-bond donors (Lipinski definition) is 0. The van der Waals surface area contributed by atoms with Crippen molar-refractivity contribution in [1.82, 2.24) is 19.0 Å². The Hall–Kier alpha value is -5.25. The predicted molar refractivity (Wildman–Crippen MR) is 171 cm³/mol. The summed E-state index contributed by atoms with van der Waals surface area (Å²) in [7, 11) is 0. The highest BCUT2D eigenvalue weighted by Gasteiger charge is 2.26. The molecule has 6 nitrogen and oxygen atoms in total. The maximum Gasteiger partial charge on any atom is 0.263 e. The van der Waals surface area contributed by atoms with Crippen molar-refractivity contribution in [2.24, 2.45) is 0 Å². The maximum absolute atomic E-state index is 14.0. The molecule has 0 aliphatic carbocycles. The summed E-state index contributed by atoms with van der Waals surface area (Å²) in [6.45, 7) is 2.94. The van der Waals surface area contributed by atoms with Crippen LogP contribution in [0.25, 0.3) is 39.2 Å². The molecule has 0 unspecified atom stereocenters. The summed E-state index contributed by atoms with van der Waals surface area (Å²) in [6, 6.07) is 40.3. The van der Waals surface area contributed by atoms with Gasteiger partial charge in [0.05, 0.1) is 22.7 Å². The average Bonchev–Trinajstić information content (AvgIpc) is 3.46. The number of likely N-dealkylation sites (tertiary alicyclic amines) is 1. The van der Waals surface area contributed by atoms with Crippen LogP contribution >= 0.6 is 0 Å². The number of nitrogens with zero attached hydrogens (tertiary/aromatic N) is 5. The third-order valence-corrected chi connectivity index (χ3v) is 8.41. The molecule has 210 valence electrons. The van der Waals surface area contributed by atoms with Crippen molar-refractivity contribution in [1.29, 1.82) is 5.26 Å². The van der Waals surface area contributed by atoms with Crippen LogP contribution in [-0.2, 0) is 6.54 Å². The SMILES string of the molecule is N#Cc1ccccc1-c1cc(-c2nc3ccccc3n2C2CCN(Cc3ccccc3)CC2)cn(-c2ccccc2)c1=O. The predicted octanol–water partition coefficient (Wildman–Crippen LogP) is 7.23. The van der Waals surface area contributed by atoms with Gasteiger partial charge in [-0.25, -0.2) is 4.98 Å². The van der Waals surface area contributed by atoms with Crippen LogP contribution in [0.15, 0.2) is 126 Å². The molecule has 2 aromatic heterocycles. The molecular formula is C37H31N5O. The van der Waals surface area contributed by atoms with Gasteiger partial charge >= 0.3 is 0 Å². The van der Waals surface area contributed by atoms with Crippen molar-refractivity contribution in [3.8, 4) is 34.3 Å². The number of nitriles is 1. The summed E-state index contributed by atoms with van der Waals surface area (Å²) in [6.07, 6.45) is 3.91. The van der Waals surface area contributed by atoms with Gasteiger partial charge in [0.25, 0.3) is 5.56 Å².